The van der Waals surface area contributed by atoms with Crippen LogP contribution in [0.2, 0.25) is 5.02 Å². The van der Waals surface area contributed by atoms with Crippen molar-refractivity contribution in [2.24, 2.45) is 0 Å². The third kappa shape index (κ3) is 6.89. The lowest BCUT2D eigenvalue weighted by atomic mass is 10.1. The monoisotopic (exact) mass is 500 g/mol. The second-order valence-electron chi connectivity index (χ2n) is 8.20. The third-order valence-corrected chi connectivity index (χ3v) is 6.13. The number of imidazole rings is 1. The molecule has 2 heterocycles. The molecule has 0 aliphatic rings. The van der Waals surface area contributed by atoms with Crippen molar-refractivity contribution < 1.29 is 0 Å². The van der Waals surface area contributed by atoms with Crippen LogP contribution in [0.3, 0.4) is 0 Å². The predicted molar refractivity (Wildman–Crippen MR) is 143 cm³/mol. The van der Waals surface area contributed by atoms with E-state index in [1.165, 1.54) is 0 Å². The van der Waals surface area contributed by atoms with E-state index < -0.39 is 0 Å². The minimum Gasteiger partial charge on any atom is -0.343 e. The SMILES string of the molecule is Cc1cccc(CN(CCc2cncn2Cc2ccc(C#N)cc2)C(=S)Nc2cccc(Cl)c2)n1. The van der Waals surface area contributed by atoms with Crippen LogP contribution in [0.1, 0.15) is 28.2 Å². The van der Waals surface area contributed by atoms with Crippen molar-refractivity contribution in [3.63, 3.8) is 0 Å². The molecule has 35 heavy (non-hydrogen) atoms. The smallest absolute Gasteiger partial charge is 0.173 e. The van der Waals surface area contributed by atoms with Crippen molar-refractivity contribution in [2.75, 3.05) is 11.9 Å². The van der Waals surface area contributed by atoms with Gasteiger partial charge in [0, 0.05) is 47.8 Å². The van der Waals surface area contributed by atoms with Crippen molar-refractivity contribution >= 4 is 34.6 Å². The molecule has 4 aromatic rings. The van der Waals surface area contributed by atoms with E-state index in [2.05, 4.69) is 30.8 Å². The Hall–Kier alpha value is -3.73. The molecule has 0 bridgehead atoms. The van der Waals surface area contributed by atoms with Crippen molar-refractivity contribution in [1.29, 1.82) is 5.26 Å². The second-order valence-corrected chi connectivity index (χ2v) is 9.03. The van der Waals surface area contributed by atoms with Crippen LogP contribution < -0.4 is 5.32 Å². The van der Waals surface area contributed by atoms with Crippen LogP contribution in [0, 0.1) is 18.3 Å². The highest BCUT2D eigenvalue weighted by Crippen LogP contribution is 2.17. The number of hydrogen-bond acceptors (Lipinski definition) is 4. The molecule has 0 saturated heterocycles. The second kappa shape index (κ2) is 11.6. The summed E-state index contributed by atoms with van der Waals surface area (Å²) in [5, 5.41) is 13.6. The number of nitriles is 1. The molecule has 0 saturated carbocycles. The maximum atomic E-state index is 9.03. The molecule has 0 aliphatic heterocycles. The summed E-state index contributed by atoms with van der Waals surface area (Å²) < 4.78 is 2.12. The highest BCUT2D eigenvalue weighted by atomic mass is 35.5. The van der Waals surface area contributed by atoms with Gasteiger partial charge in [0.25, 0.3) is 0 Å². The van der Waals surface area contributed by atoms with Gasteiger partial charge in [-0.15, -0.1) is 0 Å². The van der Waals surface area contributed by atoms with Gasteiger partial charge in [-0.1, -0.05) is 35.9 Å². The van der Waals surface area contributed by atoms with Crippen LogP contribution in [-0.2, 0) is 19.5 Å². The van der Waals surface area contributed by atoms with Crippen LogP contribution >= 0.6 is 23.8 Å². The minimum absolute atomic E-state index is 0.581. The molecule has 4 rings (SSSR count). The van der Waals surface area contributed by atoms with E-state index in [0.717, 1.165) is 34.8 Å². The fraction of sp³-hybridized carbons (Fsp3) is 0.185. The Labute approximate surface area is 215 Å². The Bertz CT molecular complexity index is 1340. The number of nitrogens with one attached hydrogen (secondary N) is 1. The Balaban J connectivity index is 1.48. The standard InChI is InChI=1S/C27H25ClN6S/c1-20-4-2-7-25(31-20)18-33(27(35)32-24-6-3-5-23(28)14-24)13-12-26-16-30-19-34(26)17-22-10-8-21(15-29)9-11-22/h2-11,14,16,19H,12-13,17-18H2,1H3,(H,32,35). The summed E-state index contributed by atoms with van der Waals surface area (Å²) in [6, 6.07) is 23.3. The summed E-state index contributed by atoms with van der Waals surface area (Å²) in [5.41, 5.74) is 5.63. The molecule has 1 N–H and O–H groups in total. The minimum atomic E-state index is 0.581. The summed E-state index contributed by atoms with van der Waals surface area (Å²) in [6.45, 7) is 3.93. The van der Waals surface area contributed by atoms with E-state index in [1.54, 1.807) is 0 Å². The molecule has 8 heteroatoms. The average Bonchev–Trinajstić information content (AvgIpc) is 3.29. The lowest BCUT2D eigenvalue weighted by Crippen LogP contribution is -2.36. The molecular weight excluding hydrogens is 476 g/mol. The van der Waals surface area contributed by atoms with Crippen LogP contribution in [0.25, 0.3) is 0 Å². The highest BCUT2D eigenvalue weighted by molar-refractivity contribution is 7.80. The largest absolute Gasteiger partial charge is 0.343 e. The van der Waals surface area contributed by atoms with E-state index in [0.29, 0.717) is 35.3 Å². The fourth-order valence-corrected chi connectivity index (χ4v) is 4.20. The zero-order chi connectivity index (χ0) is 24.6. The van der Waals surface area contributed by atoms with Gasteiger partial charge in [0.2, 0.25) is 0 Å². The summed E-state index contributed by atoms with van der Waals surface area (Å²) in [7, 11) is 0. The number of benzene rings is 2. The maximum Gasteiger partial charge on any atom is 0.173 e. The van der Waals surface area contributed by atoms with Gasteiger partial charge in [-0.2, -0.15) is 5.26 Å². The van der Waals surface area contributed by atoms with Gasteiger partial charge in [-0.3, -0.25) is 4.98 Å². The summed E-state index contributed by atoms with van der Waals surface area (Å²) in [4.78, 5) is 11.1. The number of thiocarbonyl (C=S) groups is 1. The number of anilines is 1. The quantitative estimate of drug-likeness (QED) is 0.317. The van der Waals surface area contributed by atoms with E-state index in [4.69, 9.17) is 29.1 Å². The molecule has 0 spiro atoms. The van der Waals surface area contributed by atoms with Gasteiger partial charge in [-0.25, -0.2) is 4.98 Å². The van der Waals surface area contributed by atoms with Gasteiger partial charge >= 0.3 is 0 Å². The summed E-state index contributed by atoms with van der Waals surface area (Å²) in [6.07, 6.45) is 4.47. The number of halogens is 1. The lowest BCUT2D eigenvalue weighted by molar-refractivity contribution is 0.413. The highest BCUT2D eigenvalue weighted by Gasteiger charge is 2.14. The van der Waals surface area contributed by atoms with E-state index in [9.17, 15) is 0 Å². The molecule has 0 aliphatic carbocycles. The van der Waals surface area contributed by atoms with Crippen molar-refractivity contribution in [3.8, 4) is 6.07 Å². The number of rotatable bonds is 8. The normalized spacial score (nSPS) is 10.5. The van der Waals surface area contributed by atoms with Gasteiger partial charge in [0.15, 0.2) is 5.11 Å². The third-order valence-electron chi connectivity index (χ3n) is 5.53. The maximum absolute atomic E-state index is 9.03. The van der Waals surface area contributed by atoms with Gasteiger partial charge in [0.1, 0.15) is 0 Å². The number of aromatic nitrogens is 3. The summed E-state index contributed by atoms with van der Waals surface area (Å²) in [5.74, 6) is 0. The first kappa shape index (κ1) is 24.4. The summed E-state index contributed by atoms with van der Waals surface area (Å²) >= 11 is 11.9. The molecule has 2 aromatic carbocycles. The van der Waals surface area contributed by atoms with Gasteiger partial charge in [-0.05, 0) is 67.2 Å². The van der Waals surface area contributed by atoms with Crippen molar-refractivity contribution in [2.45, 2.75) is 26.4 Å². The molecule has 176 valence electrons. The average molecular weight is 501 g/mol. The number of pyridine rings is 1. The molecule has 0 amide bonds. The molecule has 0 atom stereocenters. The van der Waals surface area contributed by atoms with E-state index >= 15 is 0 Å². The van der Waals surface area contributed by atoms with E-state index in [1.807, 2.05) is 86.2 Å². The number of nitrogens with zero attached hydrogens (tertiary/aromatic N) is 5. The molecular formula is C27H25ClN6S. The number of aryl methyl sites for hydroxylation is 1. The van der Waals surface area contributed by atoms with Crippen LogP contribution in [-0.4, -0.2) is 31.1 Å². The Morgan fingerprint density at radius 1 is 1.14 bits per heavy atom. The lowest BCUT2D eigenvalue weighted by Gasteiger charge is -2.26. The topological polar surface area (TPSA) is 69.8 Å². The molecule has 6 nitrogen and oxygen atoms in total. The van der Waals surface area contributed by atoms with Gasteiger partial charge < -0.3 is 14.8 Å². The Morgan fingerprint density at radius 2 is 1.94 bits per heavy atom. The zero-order valence-corrected chi connectivity index (χ0v) is 20.9. The van der Waals surface area contributed by atoms with Crippen molar-refractivity contribution in [1.82, 2.24) is 19.4 Å². The van der Waals surface area contributed by atoms with Crippen LogP contribution in [0.5, 0.6) is 0 Å². The Kier molecular flexibility index (Phi) is 8.09. The van der Waals surface area contributed by atoms with Gasteiger partial charge in [0.05, 0.1) is 30.2 Å². The Morgan fingerprint density at radius 3 is 2.69 bits per heavy atom. The first-order chi connectivity index (χ1) is 17.0. The van der Waals surface area contributed by atoms with Crippen molar-refractivity contribution in [3.05, 3.63) is 112 Å². The first-order valence-electron chi connectivity index (χ1n) is 11.2. The molecule has 0 fully saturated rings. The zero-order valence-electron chi connectivity index (χ0n) is 19.4. The molecule has 2 aromatic heterocycles. The number of hydrogen-bond donors (Lipinski definition) is 1. The first-order valence-corrected chi connectivity index (χ1v) is 12.0. The van der Waals surface area contributed by atoms with E-state index in [-0.39, 0.29) is 0 Å². The van der Waals surface area contributed by atoms with Crippen LogP contribution in [0.15, 0.2) is 79.3 Å². The fourth-order valence-electron chi connectivity index (χ4n) is 3.73. The van der Waals surface area contributed by atoms with Crippen LogP contribution in [0.4, 0.5) is 5.69 Å². The predicted octanol–water partition coefficient (Wildman–Crippen LogP) is 5.60. The molecule has 0 radical (unpaired) electrons. The molecule has 0 unspecified atom stereocenters.